The lowest BCUT2D eigenvalue weighted by Gasteiger charge is -2.40. The van der Waals surface area contributed by atoms with Crippen LogP contribution < -0.4 is 0 Å². The second kappa shape index (κ2) is 3.60. The number of rotatable bonds is 2. The topological polar surface area (TPSA) is 46.5 Å². The molecule has 8 unspecified atom stereocenters. The summed E-state index contributed by atoms with van der Waals surface area (Å²) < 4.78 is 5.42. The van der Waals surface area contributed by atoms with Gasteiger partial charge in [0, 0.05) is 12.0 Å². The zero-order valence-electron chi connectivity index (χ0n) is 10.5. The van der Waals surface area contributed by atoms with Crippen LogP contribution in [0.15, 0.2) is 12.7 Å². The SMILES string of the molecule is C=CC(=O)OC1C(O)C2CC1C1C3CCC(C3)C21. The molecule has 4 fully saturated rings. The van der Waals surface area contributed by atoms with Gasteiger partial charge in [-0.25, -0.2) is 4.79 Å². The zero-order chi connectivity index (χ0) is 12.4. The normalized spacial score (nSPS) is 55.6. The molecule has 4 rings (SSSR count). The fourth-order valence-corrected chi connectivity index (χ4v) is 5.84. The van der Waals surface area contributed by atoms with Gasteiger partial charge in [-0.1, -0.05) is 6.58 Å². The lowest BCUT2D eigenvalue weighted by molar-refractivity contribution is -0.158. The number of ether oxygens (including phenoxy) is 1. The molecule has 0 spiro atoms. The van der Waals surface area contributed by atoms with E-state index in [0.717, 1.165) is 30.1 Å². The molecule has 0 aromatic rings. The molecule has 4 aliphatic rings. The van der Waals surface area contributed by atoms with E-state index in [1.54, 1.807) is 0 Å². The molecule has 0 radical (unpaired) electrons. The van der Waals surface area contributed by atoms with Gasteiger partial charge in [-0.2, -0.15) is 0 Å². The molecule has 18 heavy (non-hydrogen) atoms. The van der Waals surface area contributed by atoms with Crippen LogP contribution >= 0.6 is 0 Å². The number of fused-ring (bicyclic) bond motifs is 9. The number of carbonyl (C=O) groups is 1. The molecule has 0 amide bonds. The van der Waals surface area contributed by atoms with E-state index in [4.69, 9.17) is 4.74 Å². The summed E-state index contributed by atoms with van der Waals surface area (Å²) in [5.74, 6) is 3.55. The zero-order valence-corrected chi connectivity index (χ0v) is 10.5. The largest absolute Gasteiger partial charge is 0.456 e. The van der Waals surface area contributed by atoms with Crippen LogP contribution in [0.4, 0.5) is 0 Å². The quantitative estimate of drug-likeness (QED) is 0.460. The van der Waals surface area contributed by atoms with Gasteiger partial charge in [-0.3, -0.25) is 0 Å². The summed E-state index contributed by atoms with van der Waals surface area (Å²) in [6.07, 6.45) is 5.65. The molecule has 3 nitrogen and oxygen atoms in total. The maximum atomic E-state index is 11.4. The van der Waals surface area contributed by atoms with Crippen molar-refractivity contribution in [2.24, 2.45) is 35.5 Å². The molecule has 4 bridgehead atoms. The van der Waals surface area contributed by atoms with Gasteiger partial charge < -0.3 is 9.84 Å². The minimum atomic E-state index is -0.431. The van der Waals surface area contributed by atoms with Crippen molar-refractivity contribution in [3.63, 3.8) is 0 Å². The third kappa shape index (κ3) is 1.21. The summed E-state index contributed by atoms with van der Waals surface area (Å²) in [5, 5.41) is 10.4. The van der Waals surface area contributed by atoms with Crippen molar-refractivity contribution in [1.29, 1.82) is 0 Å². The number of aliphatic hydroxyl groups is 1. The van der Waals surface area contributed by atoms with Crippen molar-refractivity contribution in [3.05, 3.63) is 12.7 Å². The Morgan fingerprint density at radius 1 is 1.17 bits per heavy atom. The highest BCUT2D eigenvalue weighted by atomic mass is 16.6. The van der Waals surface area contributed by atoms with Crippen LogP contribution in [0.5, 0.6) is 0 Å². The average molecular weight is 248 g/mol. The van der Waals surface area contributed by atoms with Gasteiger partial charge in [0.05, 0.1) is 6.10 Å². The first-order chi connectivity index (χ1) is 8.70. The molecule has 0 aliphatic heterocycles. The predicted octanol–water partition coefficient (Wildman–Crippen LogP) is 1.76. The van der Waals surface area contributed by atoms with Gasteiger partial charge in [0.2, 0.25) is 0 Å². The number of esters is 1. The average Bonchev–Trinajstić information content (AvgIpc) is 3.08. The smallest absolute Gasteiger partial charge is 0.330 e. The summed E-state index contributed by atoms with van der Waals surface area (Å²) in [6, 6.07) is 0. The molecule has 0 saturated heterocycles. The van der Waals surface area contributed by atoms with E-state index >= 15 is 0 Å². The maximum Gasteiger partial charge on any atom is 0.330 e. The predicted molar refractivity (Wildman–Crippen MR) is 65.5 cm³/mol. The Bertz CT molecular complexity index is 405. The van der Waals surface area contributed by atoms with Gasteiger partial charge in [0.25, 0.3) is 0 Å². The highest BCUT2D eigenvalue weighted by Gasteiger charge is 2.66. The Hall–Kier alpha value is -0.830. The minimum Gasteiger partial charge on any atom is -0.456 e. The molecule has 4 saturated carbocycles. The van der Waals surface area contributed by atoms with Crippen molar-refractivity contribution in [2.75, 3.05) is 0 Å². The number of carbonyl (C=O) groups excluding carboxylic acids is 1. The lowest BCUT2D eigenvalue weighted by atomic mass is 9.69. The van der Waals surface area contributed by atoms with E-state index in [1.807, 2.05) is 0 Å². The molecule has 3 heteroatoms. The monoisotopic (exact) mass is 248 g/mol. The highest BCUT2D eigenvalue weighted by molar-refractivity contribution is 5.81. The van der Waals surface area contributed by atoms with Gasteiger partial charge in [0.15, 0.2) is 0 Å². The first-order valence-electron chi connectivity index (χ1n) is 7.22. The molecule has 8 atom stereocenters. The first kappa shape index (κ1) is 11.0. The summed E-state index contributed by atoms with van der Waals surface area (Å²) in [6.45, 7) is 3.44. The van der Waals surface area contributed by atoms with Crippen LogP contribution in [-0.2, 0) is 9.53 Å². The Kier molecular flexibility index (Phi) is 2.20. The Morgan fingerprint density at radius 3 is 2.50 bits per heavy atom. The van der Waals surface area contributed by atoms with Crippen LogP contribution in [0.2, 0.25) is 0 Å². The van der Waals surface area contributed by atoms with Gasteiger partial charge >= 0.3 is 5.97 Å². The second-order valence-corrected chi connectivity index (χ2v) is 6.65. The number of hydrogen-bond acceptors (Lipinski definition) is 3. The Morgan fingerprint density at radius 2 is 1.83 bits per heavy atom. The van der Waals surface area contributed by atoms with Crippen molar-refractivity contribution >= 4 is 5.97 Å². The highest BCUT2D eigenvalue weighted by Crippen LogP contribution is 2.67. The standard InChI is InChI=1S/C15H20O3/c1-2-11(16)18-15-10-6-9(14(15)17)12-7-3-4-8(5-7)13(10)12/h2,7-10,12-15,17H,1,3-6H2. The summed E-state index contributed by atoms with van der Waals surface area (Å²) >= 11 is 0. The molecule has 98 valence electrons. The van der Waals surface area contributed by atoms with Crippen LogP contribution in [0.3, 0.4) is 0 Å². The molecular formula is C15H20O3. The van der Waals surface area contributed by atoms with Crippen molar-refractivity contribution in [2.45, 2.75) is 37.9 Å². The molecule has 0 aromatic heterocycles. The van der Waals surface area contributed by atoms with E-state index in [2.05, 4.69) is 6.58 Å². The molecule has 1 N–H and O–H groups in total. The van der Waals surface area contributed by atoms with Crippen molar-refractivity contribution in [3.8, 4) is 0 Å². The Balaban J connectivity index is 1.60. The van der Waals surface area contributed by atoms with E-state index in [0.29, 0.717) is 11.8 Å². The molecule has 0 heterocycles. The third-order valence-corrected chi connectivity index (χ3v) is 6.20. The van der Waals surface area contributed by atoms with Gasteiger partial charge in [-0.05, 0) is 55.3 Å². The van der Waals surface area contributed by atoms with E-state index in [1.165, 1.54) is 25.3 Å². The van der Waals surface area contributed by atoms with E-state index < -0.39 is 6.10 Å². The number of aliphatic hydroxyl groups excluding tert-OH is 1. The molecule has 4 aliphatic carbocycles. The van der Waals surface area contributed by atoms with Crippen LogP contribution in [-0.4, -0.2) is 23.3 Å². The molecular weight excluding hydrogens is 228 g/mol. The van der Waals surface area contributed by atoms with Gasteiger partial charge in [0.1, 0.15) is 6.10 Å². The summed E-state index contributed by atoms with van der Waals surface area (Å²) in [4.78, 5) is 11.4. The minimum absolute atomic E-state index is 0.263. The molecule has 0 aromatic carbocycles. The van der Waals surface area contributed by atoms with Crippen LogP contribution in [0.1, 0.15) is 25.7 Å². The van der Waals surface area contributed by atoms with Crippen molar-refractivity contribution < 1.29 is 14.6 Å². The van der Waals surface area contributed by atoms with Crippen LogP contribution in [0, 0.1) is 35.5 Å². The fraction of sp³-hybridized carbons (Fsp3) is 0.800. The Labute approximate surface area is 107 Å². The maximum absolute atomic E-state index is 11.4. The summed E-state index contributed by atoms with van der Waals surface area (Å²) in [7, 11) is 0. The lowest BCUT2D eigenvalue weighted by Crippen LogP contribution is -2.46. The van der Waals surface area contributed by atoms with Gasteiger partial charge in [-0.15, -0.1) is 0 Å². The fourth-order valence-electron chi connectivity index (χ4n) is 5.84. The first-order valence-corrected chi connectivity index (χ1v) is 7.22. The second-order valence-electron chi connectivity index (χ2n) is 6.65. The number of hydrogen-bond donors (Lipinski definition) is 1. The van der Waals surface area contributed by atoms with Crippen LogP contribution in [0.25, 0.3) is 0 Å². The van der Waals surface area contributed by atoms with E-state index in [9.17, 15) is 9.90 Å². The summed E-state index contributed by atoms with van der Waals surface area (Å²) in [5.41, 5.74) is 0. The third-order valence-electron chi connectivity index (χ3n) is 6.20. The van der Waals surface area contributed by atoms with E-state index in [-0.39, 0.29) is 12.1 Å². The van der Waals surface area contributed by atoms with Crippen molar-refractivity contribution in [1.82, 2.24) is 0 Å².